The minimum atomic E-state index is -1.16. The Kier molecular flexibility index (Phi) is 6.71. The zero-order valence-corrected chi connectivity index (χ0v) is 17.8. The maximum absolute atomic E-state index is 12.6. The third-order valence-corrected chi connectivity index (χ3v) is 4.71. The lowest BCUT2D eigenvalue weighted by Crippen LogP contribution is -2.32. The zero-order valence-electron chi connectivity index (χ0n) is 17.1. The summed E-state index contributed by atoms with van der Waals surface area (Å²) in [5.74, 6) is -0.932. The summed E-state index contributed by atoms with van der Waals surface area (Å²) in [4.78, 5) is 37.3. The van der Waals surface area contributed by atoms with Gasteiger partial charge in [-0.3, -0.25) is 9.59 Å². The number of esters is 1. The molecule has 0 aliphatic carbocycles. The molecular weight excluding hydrogens is 422 g/mol. The van der Waals surface area contributed by atoms with Crippen LogP contribution < -0.4 is 15.5 Å². The van der Waals surface area contributed by atoms with Crippen LogP contribution in [0.3, 0.4) is 0 Å². The highest BCUT2D eigenvalue weighted by Gasteiger charge is 2.23. The fourth-order valence-electron chi connectivity index (χ4n) is 2.74. The van der Waals surface area contributed by atoms with Crippen LogP contribution in [0.4, 0.5) is 5.69 Å². The number of para-hydroxylation sites is 1. The number of aryl methyl sites for hydroxylation is 1. The first-order valence-corrected chi connectivity index (χ1v) is 9.69. The van der Waals surface area contributed by atoms with Crippen LogP contribution in [-0.4, -0.2) is 34.9 Å². The molecule has 3 rings (SSSR count). The molecule has 0 fully saturated rings. The van der Waals surface area contributed by atoms with Crippen molar-refractivity contribution in [2.45, 2.75) is 20.0 Å². The molecule has 1 heterocycles. The molecule has 3 aromatic rings. The average Bonchev–Trinajstić information content (AvgIpc) is 2.75. The number of nitrogens with zero attached hydrogens (tertiary/aromatic N) is 2. The summed E-state index contributed by atoms with van der Waals surface area (Å²) in [7, 11) is 1.54. The van der Waals surface area contributed by atoms with Crippen molar-refractivity contribution in [3.05, 3.63) is 81.2 Å². The molecule has 0 saturated carbocycles. The molecule has 31 heavy (non-hydrogen) atoms. The van der Waals surface area contributed by atoms with Gasteiger partial charge >= 0.3 is 5.97 Å². The van der Waals surface area contributed by atoms with Crippen LogP contribution in [0.25, 0.3) is 5.69 Å². The van der Waals surface area contributed by atoms with E-state index in [0.29, 0.717) is 27.8 Å². The third kappa shape index (κ3) is 5.10. The lowest BCUT2D eigenvalue weighted by Gasteiger charge is -2.15. The molecule has 160 valence electrons. The van der Waals surface area contributed by atoms with Crippen molar-refractivity contribution < 1.29 is 19.1 Å². The standard InChI is InChI=1S/C22H20ClN3O5/c1-13-12-19(27)20(25-26(13)18-7-5-4-6-17(18)23)22(29)31-14(2)21(28)24-15-8-10-16(30-3)11-9-15/h4-12,14H,1-3H3,(H,24,28). The molecule has 1 aromatic heterocycles. The van der Waals surface area contributed by atoms with Crippen LogP contribution in [0.2, 0.25) is 5.02 Å². The number of rotatable bonds is 6. The van der Waals surface area contributed by atoms with Gasteiger partial charge in [0.1, 0.15) is 5.75 Å². The van der Waals surface area contributed by atoms with Gasteiger partial charge in [-0.05, 0) is 50.2 Å². The van der Waals surface area contributed by atoms with E-state index in [1.165, 1.54) is 24.8 Å². The number of amides is 1. The Bertz CT molecular complexity index is 1170. The summed E-state index contributed by atoms with van der Waals surface area (Å²) in [6.45, 7) is 3.06. The molecule has 0 aliphatic rings. The third-order valence-electron chi connectivity index (χ3n) is 4.39. The molecule has 1 atom stereocenters. The Balaban J connectivity index is 1.77. The van der Waals surface area contributed by atoms with E-state index in [1.807, 2.05) is 0 Å². The van der Waals surface area contributed by atoms with Gasteiger partial charge in [0.2, 0.25) is 11.1 Å². The lowest BCUT2D eigenvalue weighted by molar-refractivity contribution is -0.123. The summed E-state index contributed by atoms with van der Waals surface area (Å²) in [5.41, 5.74) is 0.423. The molecule has 0 bridgehead atoms. The van der Waals surface area contributed by atoms with E-state index in [1.54, 1.807) is 55.5 Å². The Morgan fingerprint density at radius 3 is 2.45 bits per heavy atom. The summed E-state index contributed by atoms with van der Waals surface area (Å²) in [6.07, 6.45) is -1.16. The summed E-state index contributed by atoms with van der Waals surface area (Å²) in [6, 6.07) is 14.8. The first kappa shape index (κ1) is 22.0. The van der Waals surface area contributed by atoms with E-state index in [2.05, 4.69) is 10.4 Å². The number of aromatic nitrogens is 2. The van der Waals surface area contributed by atoms with Crippen molar-refractivity contribution in [2.24, 2.45) is 0 Å². The van der Waals surface area contributed by atoms with Gasteiger partial charge in [-0.2, -0.15) is 5.10 Å². The van der Waals surface area contributed by atoms with Gasteiger partial charge in [-0.1, -0.05) is 23.7 Å². The molecule has 0 aliphatic heterocycles. The number of nitrogens with one attached hydrogen (secondary N) is 1. The number of halogens is 1. The number of carbonyl (C=O) groups is 2. The van der Waals surface area contributed by atoms with Gasteiger partial charge in [-0.25, -0.2) is 9.48 Å². The molecule has 9 heteroatoms. The molecule has 8 nitrogen and oxygen atoms in total. The van der Waals surface area contributed by atoms with E-state index < -0.39 is 29.1 Å². The largest absolute Gasteiger partial charge is 0.497 e. The van der Waals surface area contributed by atoms with Crippen molar-refractivity contribution in [3.63, 3.8) is 0 Å². The molecule has 1 unspecified atom stereocenters. The predicted octanol–water partition coefficient (Wildman–Crippen LogP) is 3.39. The van der Waals surface area contributed by atoms with Gasteiger partial charge in [0.25, 0.3) is 5.91 Å². The van der Waals surface area contributed by atoms with Crippen LogP contribution in [0.1, 0.15) is 23.1 Å². The van der Waals surface area contributed by atoms with Gasteiger partial charge in [-0.15, -0.1) is 0 Å². The maximum Gasteiger partial charge on any atom is 0.363 e. The Labute approximate surface area is 183 Å². The Hall–Kier alpha value is -3.65. The molecule has 0 radical (unpaired) electrons. The fraction of sp³-hybridized carbons (Fsp3) is 0.182. The van der Waals surface area contributed by atoms with Gasteiger partial charge in [0, 0.05) is 17.4 Å². The maximum atomic E-state index is 12.6. The second-order valence-electron chi connectivity index (χ2n) is 6.63. The molecular formula is C22H20ClN3O5. The number of carbonyl (C=O) groups excluding carboxylic acids is 2. The number of benzene rings is 2. The van der Waals surface area contributed by atoms with Crippen molar-refractivity contribution in [1.29, 1.82) is 0 Å². The topological polar surface area (TPSA) is 99.5 Å². The van der Waals surface area contributed by atoms with Crippen molar-refractivity contribution in [1.82, 2.24) is 9.78 Å². The van der Waals surface area contributed by atoms with Crippen LogP contribution >= 0.6 is 11.6 Å². The van der Waals surface area contributed by atoms with Crippen LogP contribution in [0.15, 0.2) is 59.4 Å². The number of hydrogen-bond acceptors (Lipinski definition) is 6. The van der Waals surface area contributed by atoms with Crippen LogP contribution in [0.5, 0.6) is 5.75 Å². The van der Waals surface area contributed by atoms with Crippen molar-refractivity contribution in [3.8, 4) is 11.4 Å². The van der Waals surface area contributed by atoms with E-state index >= 15 is 0 Å². The van der Waals surface area contributed by atoms with E-state index in [-0.39, 0.29) is 0 Å². The average molecular weight is 442 g/mol. The smallest absolute Gasteiger partial charge is 0.363 e. The van der Waals surface area contributed by atoms with E-state index in [9.17, 15) is 14.4 Å². The highest BCUT2D eigenvalue weighted by atomic mass is 35.5. The number of methoxy groups -OCH3 is 1. The molecule has 1 N–H and O–H groups in total. The van der Waals surface area contributed by atoms with Crippen molar-refractivity contribution in [2.75, 3.05) is 12.4 Å². The minimum Gasteiger partial charge on any atom is -0.497 e. The minimum absolute atomic E-state index is 0.397. The second-order valence-corrected chi connectivity index (χ2v) is 7.03. The Morgan fingerprint density at radius 1 is 1.13 bits per heavy atom. The summed E-state index contributed by atoms with van der Waals surface area (Å²) < 4.78 is 11.6. The number of anilines is 1. The fourth-order valence-corrected chi connectivity index (χ4v) is 2.96. The zero-order chi connectivity index (χ0) is 22.5. The van der Waals surface area contributed by atoms with Gasteiger partial charge in [0.15, 0.2) is 6.10 Å². The quantitative estimate of drug-likeness (QED) is 0.588. The lowest BCUT2D eigenvalue weighted by atomic mass is 10.2. The molecule has 0 spiro atoms. The molecule has 1 amide bonds. The second kappa shape index (κ2) is 9.44. The summed E-state index contributed by atoms with van der Waals surface area (Å²) >= 11 is 6.21. The normalized spacial score (nSPS) is 11.5. The Morgan fingerprint density at radius 2 is 1.81 bits per heavy atom. The van der Waals surface area contributed by atoms with Crippen LogP contribution in [0, 0.1) is 6.92 Å². The van der Waals surface area contributed by atoms with Crippen LogP contribution in [-0.2, 0) is 9.53 Å². The molecule has 2 aromatic carbocycles. The molecule has 0 saturated heterocycles. The van der Waals surface area contributed by atoms with E-state index in [0.717, 1.165) is 0 Å². The number of hydrogen-bond donors (Lipinski definition) is 1. The van der Waals surface area contributed by atoms with E-state index in [4.69, 9.17) is 21.1 Å². The predicted molar refractivity (Wildman–Crippen MR) is 116 cm³/mol. The highest BCUT2D eigenvalue weighted by molar-refractivity contribution is 6.32. The monoisotopic (exact) mass is 441 g/mol. The SMILES string of the molecule is COc1ccc(NC(=O)C(C)OC(=O)c2nn(-c3ccccc3Cl)c(C)cc2=O)cc1. The number of ether oxygens (including phenoxy) is 2. The van der Waals surface area contributed by atoms with Crippen molar-refractivity contribution >= 4 is 29.2 Å². The highest BCUT2D eigenvalue weighted by Crippen LogP contribution is 2.20. The summed E-state index contributed by atoms with van der Waals surface area (Å²) in [5, 5.41) is 7.14. The van der Waals surface area contributed by atoms with Gasteiger partial charge < -0.3 is 14.8 Å². The van der Waals surface area contributed by atoms with Gasteiger partial charge in [0.05, 0.1) is 17.8 Å². The first-order chi connectivity index (χ1) is 14.8. The first-order valence-electron chi connectivity index (χ1n) is 9.32.